The van der Waals surface area contributed by atoms with Crippen molar-refractivity contribution in [3.05, 3.63) is 35.6 Å². The summed E-state index contributed by atoms with van der Waals surface area (Å²) < 4.78 is 10.4. The molecule has 0 spiro atoms. The number of carbonyl (C=O) groups is 2. The molecule has 0 heterocycles. The van der Waals surface area contributed by atoms with Crippen LogP contribution in [0.25, 0.3) is 0 Å². The van der Waals surface area contributed by atoms with E-state index in [4.69, 9.17) is 9.47 Å². The molecule has 4 nitrogen and oxygen atoms in total. The minimum absolute atomic E-state index is 0.330. The first-order valence-corrected chi connectivity index (χ1v) is 5.64. The van der Waals surface area contributed by atoms with Gasteiger partial charge in [0.25, 0.3) is 0 Å². The molecule has 1 saturated carbocycles. The molecule has 0 amide bonds. The monoisotopic (exact) mass is 250 g/mol. The molecule has 0 aromatic carbocycles. The normalized spacial score (nSPS) is 24.0. The molecule has 4 heteroatoms. The molecular formula is C14H18O4. The Bertz CT molecular complexity index is 470. The maximum atomic E-state index is 11.4. The predicted octanol–water partition coefficient (Wildman–Crippen LogP) is 2.66. The zero-order valence-electron chi connectivity index (χ0n) is 11.3. The van der Waals surface area contributed by atoms with E-state index in [1.54, 1.807) is 27.7 Å². The molecular weight excluding hydrogens is 232 g/mol. The van der Waals surface area contributed by atoms with E-state index in [0.717, 1.165) is 5.57 Å². The fraction of sp³-hybridized carbons (Fsp3) is 0.429. The molecule has 0 N–H and O–H groups in total. The minimum atomic E-state index is -0.671. The van der Waals surface area contributed by atoms with Crippen LogP contribution >= 0.6 is 0 Å². The van der Waals surface area contributed by atoms with Crippen LogP contribution in [0.4, 0.5) is 0 Å². The fourth-order valence-corrected chi connectivity index (χ4v) is 1.47. The summed E-state index contributed by atoms with van der Waals surface area (Å²) >= 11 is 0. The summed E-state index contributed by atoms with van der Waals surface area (Å²) in [5.74, 6) is -0.438. The summed E-state index contributed by atoms with van der Waals surface area (Å²) in [5, 5.41) is 0. The van der Waals surface area contributed by atoms with Crippen LogP contribution in [0.1, 0.15) is 34.1 Å². The Morgan fingerprint density at radius 1 is 1.11 bits per heavy atom. The van der Waals surface area contributed by atoms with Crippen LogP contribution < -0.4 is 0 Å². The largest absolute Gasteiger partial charge is 0.451 e. The lowest BCUT2D eigenvalue weighted by Gasteiger charge is -2.11. The molecule has 1 aliphatic rings. The van der Waals surface area contributed by atoms with Gasteiger partial charge in [-0.3, -0.25) is 0 Å². The minimum Gasteiger partial charge on any atom is -0.451 e. The summed E-state index contributed by atoms with van der Waals surface area (Å²) in [6.45, 7) is 13.6. The first-order valence-electron chi connectivity index (χ1n) is 5.64. The average molecular weight is 250 g/mol. The number of carbonyl (C=O) groups excluding carboxylic acids is 2. The lowest BCUT2D eigenvalue weighted by molar-refractivity contribution is -0.144. The number of hydrogen-bond acceptors (Lipinski definition) is 4. The zero-order chi connectivity index (χ0) is 14.1. The highest BCUT2D eigenvalue weighted by Gasteiger charge is 2.51. The van der Waals surface area contributed by atoms with Crippen LogP contribution in [0.2, 0.25) is 0 Å². The molecule has 1 atom stereocenters. The van der Waals surface area contributed by atoms with Crippen LogP contribution in [0, 0.1) is 0 Å². The Balaban J connectivity index is 2.71. The van der Waals surface area contributed by atoms with Crippen molar-refractivity contribution >= 4 is 11.9 Å². The average Bonchev–Trinajstić information content (AvgIpc) is 2.89. The number of allylic oxidation sites excluding steroid dienone is 1. The Kier molecular flexibility index (Phi) is 3.79. The van der Waals surface area contributed by atoms with Crippen molar-refractivity contribution in [2.45, 2.75) is 39.7 Å². The summed E-state index contributed by atoms with van der Waals surface area (Å²) in [6, 6.07) is 0. The molecule has 0 aromatic heterocycles. The molecule has 1 unspecified atom stereocenters. The molecule has 0 aliphatic heterocycles. The molecule has 1 aliphatic carbocycles. The van der Waals surface area contributed by atoms with E-state index in [1.807, 2.05) is 0 Å². The highest BCUT2D eigenvalue weighted by atomic mass is 16.6. The van der Waals surface area contributed by atoms with Crippen molar-refractivity contribution in [2.75, 3.05) is 0 Å². The first kappa shape index (κ1) is 14.2. The zero-order valence-corrected chi connectivity index (χ0v) is 11.3. The van der Waals surface area contributed by atoms with Crippen molar-refractivity contribution in [3.8, 4) is 0 Å². The van der Waals surface area contributed by atoms with Crippen LogP contribution in [-0.2, 0) is 19.1 Å². The topological polar surface area (TPSA) is 52.6 Å². The lowest BCUT2D eigenvalue weighted by Crippen LogP contribution is -2.17. The van der Waals surface area contributed by atoms with E-state index < -0.39 is 17.5 Å². The van der Waals surface area contributed by atoms with Crippen molar-refractivity contribution in [1.82, 2.24) is 0 Å². The van der Waals surface area contributed by atoms with Gasteiger partial charge in [0.15, 0.2) is 0 Å². The summed E-state index contributed by atoms with van der Waals surface area (Å²) in [6.07, 6.45) is 0.571. The molecule has 98 valence electrons. The van der Waals surface area contributed by atoms with Gasteiger partial charge in [-0.1, -0.05) is 13.2 Å². The number of esters is 2. The number of rotatable bonds is 4. The van der Waals surface area contributed by atoms with Crippen LogP contribution in [-0.4, -0.2) is 17.5 Å². The second kappa shape index (κ2) is 4.80. The highest BCUT2D eigenvalue weighted by molar-refractivity contribution is 5.88. The van der Waals surface area contributed by atoms with Crippen molar-refractivity contribution < 1.29 is 19.1 Å². The van der Waals surface area contributed by atoms with Gasteiger partial charge in [-0.05, 0) is 27.7 Å². The van der Waals surface area contributed by atoms with Gasteiger partial charge in [0.2, 0.25) is 0 Å². The van der Waals surface area contributed by atoms with E-state index in [-0.39, 0.29) is 0 Å². The van der Waals surface area contributed by atoms with Gasteiger partial charge in [-0.2, -0.15) is 0 Å². The Hall–Kier alpha value is -1.84. The smallest absolute Gasteiger partial charge is 0.338 e. The summed E-state index contributed by atoms with van der Waals surface area (Å²) in [5.41, 5.74) is 0.817. The quantitative estimate of drug-likeness (QED) is 0.437. The van der Waals surface area contributed by atoms with Crippen LogP contribution in [0.5, 0.6) is 0 Å². The third-order valence-electron chi connectivity index (χ3n) is 2.71. The van der Waals surface area contributed by atoms with Crippen molar-refractivity contribution in [2.24, 2.45) is 0 Å². The van der Waals surface area contributed by atoms with Gasteiger partial charge in [0.1, 0.15) is 11.4 Å². The highest BCUT2D eigenvalue weighted by Crippen LogP contribution is 2.48. The molecule has 0 aromatic rings. The molecule has 18 heavy (non-hydrogen) atoms. The Morgan fingerprint density at radius 2 is 1.61 bits per heavy atom. The molecule has 1 rings (SSSR count). The summed E-state index contributed by atoms with van der Waals surface area (Å²) in [4.78, 5) is 22.8. The van der Waals surface area contributed by atoms with Gasteiger partial charge in [-0.25, -0.2) is 9.59 Å². The van der Waals surface area contributed by atoms with Gasteiger partial charge in [-0.15, -0.1) is 0 Å². The standard InChI is InChI=1S/C14H18O4/c1-8(2)12(15)17-10(5)11-7-14(11,6)18-13(16)9(3)4/h1,3,7H2,2,4-6H3/b11-10-. The third kappa shape index (κ3) is 3.09. The fourth-order valence-electron chi connectivity index (χ4n) is 1.47. The van der Waals surface area contributed by atoms with Crippen LogP contribution in [0.3, 0.4) is 0 Å². The van der Waals surface area contributed by atoms with E-state index in [9.17, 15) is 9.59 Å². The van der Waals surface area contributed by atoms with E-state index in [1.165, 1.54) is 0 Å². The molecule has 0 radical (unpaired) electrons. The summed E-state index contributed by atoms with van der Waals surface area (Å²) in [7, 11) is 0. The van der Waals surface area contributed by atoms with E-state index in [2.05, 4.69) is 13.2 Å². The second-order valence-electron chi connectivity index (χ2n) is 4.78. The van der Waals surface area contributed by atoms with Crippen LogP contribution in [0.15, 0.2) is 35.6 Å². The van der Waals surface area contributed by atoms with Gasteiger partial charge >= 0.3 is 11.9 Å². The van der Waals surface area contributed by atoms with Gasteiger partial charge in [0.05, 0.1) is 0 Å². The van der Waals surface area contributed by atoms with E-state index in [0.29, 0.717) is 23.3 Å². The van der Waals surface area contributed by atoms with Crippen molar-refractivity contribution in [1.29, 1.82) is 0 Å². The third-order valence-corrected chi connectivity index (χ3v) is 2.71. The van der Waals surface area contributed by atoms with Gasteiger partial charge in [0, 0.05) is 23.1 Å². The SMILES string of the molecule is C=C(C)C(=O)O/C(C)=C1/CC1(C)OC(=O)C(=C)C. The Labute approximate surface area is 107 Å². The second-order valence-corrected chi connectivity index (χ2v) is 4.78. The van der Waals surface area contributed by atoms with E-state index >= 15 is 0 Å². The molecule has 0 saturated heterocycles. The van der Waals surface area contributed by atoms with Gasteiger partial charge < -0.3 is 9.47 Å². The predicted molar refractivity (Wildman–Crippen MR) is 67.5 cm³/mol. The maximum absolute atomic E-state index is 11.4. The Morgan fingerprint density at radius 3 is 2.06 bits per heavy atom. The maximum Gasteiger partial charge on any atom is 0.338 e. The lowest BCUT2D eigenvalue weighted by atomic mass is 10.3. The number of hydrogen-bond donors (Lipinski definition) is 0. The van der Waals surface area contributed by atoms with Crippen molar-refractivity contribution in [3.63, 3.8) is 0 Å². The molecule has 1 fully saturated rings. The first-order chi connectivity index (χ1) is 8.17. The molecule has 0 bridgehead atoms. The number of ether oxygens (including phenoxy) is 2.